The van der Waals surface area contributed by atoms with Crippen LogP contribution in [-0.4, -0.2) is 34.5 Å². The van der Waals surface area contributed by atoms with E-state index in [-0.39, 0.29) is 11.9 Å². The molecular weight excluding hydrogens is 262 g/mol. The van der Waals surface area contributed by atoms with Crippen molar-refractivity contribution in [1.29, 1.82) is 0 Å². The number of carbonyl (C=O) groups excluding carboxylic acids is 1. The van der Waals surface area contributed by atoms with Gasteiger partial charge in [-0.25, -0.2) is 4.79 Å². The molecule has 0 fully saturated rings. The predicted molar refractivity (Wildman–Crippen MR) is 77.5 cm³/mol. The van der Waals surface area contributed by atoms with Crippen LogP contribution < -0.4 is 0 Å². The van der Waals surface area contributed by atoms with Crippen molar-refractivity contribution in [2.24, 2.45) is 0 Å². The van der Waals surface area contributed by atoms with Crippen LogP contribution >= 0.6 is 11.3 Å². The fourth-order valence-corrected chi connectivity index (χ4v) is 2.48. The topological polar surface area (TPSA) is 57.6 Å². The number of carboxylic acid groups (broad SMARTS) is 1. The first kappa shape index (κ1) is 15.4. The summed E-state index contributed by atoms with van der Waals surface area (Å²) in [6.07, 6.45) is 3.50. The molecule has 0 atom stereocenters. The molecule has 19 heavy (non-hydrogen) atoms. The summed E-state index contributed by atoms with van der Waals surface area (Å²) in [5.74, 6) is -0.987. The number of carboxylic acids is 1. The summed E-state index contributed by atoms with van der Waals surface area (Å²) in [6, 6.07) is 1.89. The lowest BCUT2D eigenvalue weighted by atomic mass is 10.2. The van der Waals surface area contributed by atoms with Crippen LogP contribution in [0.15, 0.2) is 17.5 Å². The van der Waals surface area contributed by atoms with Gasteiger partial charge in [-0.2, -0.15) is 0 Å². The Labute approximate surface area is 117 Å². The minimum absolute atomic E-state index is 0.00285. The molecular formula is C14H19NO3S. The molecule has 5 heteroatoms. The van der Waals surface area contributed by atoms with Crippen LogP contribution in [0.3, 0.4) is 0 Å². The molecule has 0 spiro atoms. The van der Waals surface area contributed by atoms with Crippen LogP contribution in [-0.2, 0) is 4.79 Å². The number of amides is 1. The zero-order valence-corrected chi connectivity index (χ0v) is 12.2. The number of rotatable bonds is 6. The molecule has 0 saturated carbocycles. The monoisotopic (exact) mass is 281 g/mol. The number of thiophene rings is 1. The highest BCUT2D eigenvalue weighted by atomic mass is 32.1. The maximum Gasteiger partial charge on any atom is 0.328 e. The zero-order valence-electron chi connectivity index (χ0n) is 11.4. The normalized spacial score (nSPS) is 11.2. The van der Waals surface area contributed by atoms with Crippen LogP contribution in [0.5, 0.6) is 0 Å². The van der Waals surface area contributed by atoms with E-state index < -0.39 is 5.97 Å². The van der Waals surface area contributed by atoms with Crippen LogP contribution in [0.2, 0.25) is 0 Å². The van der Waals surface area contributed by atoms with Gasteiger partial charge in [-0.05, 0) is 32.4 Å². The summed E-state index contributed by atoms with van der Waals surface area (Å²) < 4.78 is 0. The lowest BCUT2D eigenvalue weighted by Gasteiger charge is -2.25. The highest BCUT2D eigenvalue weighted by Crippen LogP contribution is 2.19. The Morgan fingerprint density at radius 2 is 2.16 bits per heavy atom. The Morgan fingerprint density at radius 3 is 2.68 bits per heavy atom. The van der Waals surface area contributed by atoms with Gasteiger partial charge < -0.3 is 10.0 Å². The van der Waals surface area contributed by atoms with E-state index in [1.54, 1.807) is 11.4 Å². The van der Waals surface area contributed by atoms with Crippen molar-refractivity contribution in [2.45, 2.75) is 33.2 Å². The summed E-state index contributed by atoms with van der Waals surface area (Å²) in [7, 11) is 0. The highest BCUT2D eigenvalue weighted by Gasteiger charge is 2.18. The molecule has 0 aliphatic rings. The van der Waals surface area contributed by atoms with Gasteiger partial charge in [-0.1, -0.05) is 6.92 Å². The van der Waals surface area contributed by atoms with E-state index in [9.17, 15) is 9.59 Å². The van der Waals surface area contributed by atoms with Gasteiger partial charge in [-0.3, -0.25) is 4.79 Å². The second-order valence-corrected chi connectivity index (χ2v) is 5.44. The third-order valence-corrected chi connectivity index (χ3v) is 3.50. The lowest BCUT2D eigenvalue weighted by molar-refractivity contribution is -0.131. The summed E-state index contributed by atoms with van der Waals surface area (Å²) in [5, 5.41) is 10.3. The maximum atomic E-state index is 12.3. The SMILES string of the molecule is CCCN(C(=O)c1csc(C=CC(=O)O)c1)C(C)C. The van der Waals surface area contributed by atoms with Gasteiger partial charge in [0.15, 0.2) is 0 Å². The molecule has 1 aromatic rings. The molecule has 0 aliphatic heterocycles. The second kappa shape index (κ2) is 7.09. The van der Waals surface area contributed by atoms with Crippen molar-refractivity contribution in [3.05, 3.63) is 28.0 Å². The molecule has 1 rings (SSSR count). The molecule has 1 N–H and O–H groups in total. The first-order valence-corrected chi connectivity index (χ1v) is 7.14. The van der Waals surface area contributed by atoms with Crippen molar-refractivity contribution in [3.63, 3.8) is 0 Å². The van der Waals surface area contributed by atoms with E-state index in [1.807, 2.05) is 25.7 Å². The fraction of sp³-hybridized carbons (Fsp3) is 0.429. The molecule has 104 valence electrons. The van der Waals surface area contributed by atoms with Crippen LogP contribution in [0.25, 0.3) is 6.08 Å². The minimum atomic E-state index is -0.990. The third kappa shape index (κ3) is 4.52. The Balaban J connectivity index is 2.85. The summed E-state index contributed by atoms with van der Waals surface area (Å²) >= 11 is 1.37. The molecule has 0 aliphatic carbocycles. The quantitative estimate of drug-likeness (QED) is 0.815. The summed E-state index contributed by atoms with van der Waals surface area (Å²) in [4.78, 5) is 25.4. The molecule has 0 bridgehead atoms. The van der Waals surface area contributed by atoms with Gasteiger partial charge >= 0.3 is 5.97 Å². The van der Waals surface area contributed by atoms with E-state index >= 15 is 0 Å². The van der Waals surface area contributed by atoms with Crippen molar-refractivity contribution in [2.75, 3.05) is 6.54 Å². The largest absolute Gasteiger partial charge is 0.478 e. The number of nitrogens with zero attached hydrogens (tertiary/aromatic N) is 1. The average Bonchev–Trinajstić information content (AvgIpc) is 2.81. The fourth-order valence-electron chi connectivity index (χ4n) is 1.71. The van der Waals surface area contributed by atoms with Gasteiger partial charge in [0.2, 0.25) is 0 Å². The van der Waals surface area contributed by atoms with Crippen molar-refractivity contribution in [1.82, 2.24) is 4.90 Å². The molecule has 1 heterocycles. The van der Waals surface area contributed by atoms with E-state index in [4.69, 9.17) is 5.11 Å². The van der Waals surface area contributed by atoms with Crippen LogP contribution in [0.1, 0.15) is 42.4 Å². The molecule has 1 aromatic heterocycles. The molecule has 0 aromatic carbocycles. The third-order valence-electron chi connectivity index (χ3n) is 2.61. The van der Waals surface area contributed by atoms with Crippen molar-refractivity contribution >= 4 is 29.3 Å². The zero-order chi connectivity index (χ0) is 14.4. The number of hydrogen-bond donors (Lipinski definition) is 1. The Morgan fingerprint density at radius 1 is 1.47 bits per heavy atom. The minimum Gasteiger partial charge on any atom is -0.478 e. The van der Waals surface area contributed by atoms with E-state index in [0.29, 0.717) is 5.56 Å². The van der Waals surface area contributed by atoms with Gasteiger partial charge in [0, 0.05) is 28.9 Å². The van der Waals surface area contributed by atoms with Gasteiger partial charge in [0.1, 0.15) is 0 Å². The molecule has 0 saturated heterocycles. The summed E-state index contributed by atoms with van der Waals surface area (Å²) in [5.41, 5.74) is 0.622. The van der Waals surface area contributed by atoms with Crippen molar-refractivity contribution in [3.8, 4) is 0 Å². The second-order valence-electron chi connectivity index (χ2n) is 4.50. The maximum absolute atomic E-state index is 12.3. The number of hydrogen-bond acceptors (Lipinski definition) is 3. The molecule has 0 radical (unpaired) electrons. The Bertz CT molecular complexity index is 477. The van der Waals surface area contributed by atoms with Gasteiger partial charge in [-0.15, -0.1) is 11.3 Å². The van der Waals surface area contributed by atoms with Crippen LogP contribution in [0, 0.1) is 0 Å². The molecule has 4 nitrogen and oxygen atoms in total. The van der Waals surface area contributed by atoms with E-state index in [1.165, 1.54) is 17.4 Å². The number of aliphatic carboxylic acids is 1. The number of carbonyl (C=O) groups is 2. The molecule has 0 unspecified atom stereocenters. The summed E-state index contributed by atoms with van der Waals surface area (Å²) in [6.45, 7) is 6.75. The predicted octanol–water partition coefficient (Wildman–Crippen LogP) is 3.11. The molecule has 1 amide bonds. The Hall–Kier alpha value is -1.62. The van der Waals surface area contributed by atoms with E-state index in [0.717, 1.165) is 23.9 Å². The van der Waals surface area contributed by atoms with Crippen molar-refractivity contribution < 1.29 is 14.7 Å². The first-order valence-electron chi connectivity index (χ1n) is 6.26. The standard InChI is InChI=1S/C14H19NO3S/c1-4-7-15(10(2)3)14(18)11-8-12(19-9-11)5-6-13(16)17/h5-6,8-10H,4,7H2,1-3H3,(H,16,17). The highest BCUT2D eigenvalue weighted by molar-refractivity contribution is 7.11. The van der Waals surface area contributed by atoms with Gasteiger partial charge in [0.05, 0.1) is 5.56 Å². The first-order chi connectivity index (χ1) is 8.95. The van der Waals surface area contributed by atoms with Gasteiger partial charge in [0.25, 0.3) is 5.91 Å². The van der Waals surface area contributed by atoms with E-state index in [2.05, 4.69) is 0 Å². The average molecular weight is 281 g/mol. The lowest BCUT2D eigenvalue weighted by Crippen LogP contribution is -2.37. The van der Waals surface area contributed by atoms with Crippen LogP contribution in [0.4, 0.5) is 0 Å². The Kier molecular flexibility index (Phi) is 5.76. The smallest absolute Gasteiger partial charge is 0.328 e.